The zero-order chi connectivity index (χ0) is 20.7. The van der Waals surface area contributed by atoms with Gasteiger partial charge in [0.25, 0.3) is 5.56 Å². The van der Waals surface area contributed by atoms with Gasteiger partial charge in [0, 0.05) is 31.3 Å². The van der Waals surface area contributed by atoms with Crippen LogP contribution in [0.1, 0.15) is 24.1 Å². The quantitative estimate of drug-likeness (QED) is 0.699. The van der Waals surface area contributed by atoms with Crippen molar-refractivity contribution >= 4 is 22.7 Å². The van der Waals surface area contributed by atoms with E-state index in [0.717, 1.165) is 37.6 Å². The second-order valence-corrected chi connectivity index (χ2v) is 7.60. The van der Waals surface area contributed by atoms with E-state index in [9.17, 15) is 4.79 Å². The topological polar surface area (TPSA) is 96.5 Å². The van der Waals surface area contributed by atoms with E-state index in [-0.39, 0.29) is 5.56 Å². The van der Waals surface area contributed by atoms with Crippen LogP contribution in [0.3, 0.4) is 0 Å². The van der Waals surface area contributed by atoms with Gasteiger partial charge in [-0.15, -0.1) is 0 Å². The van der Waals surface area contributed by atoms with Crippen LogP contribution in [0.5, 0.6) is 11.5 Å². The third-order valence-electron chi connectivity index (χ3n) is 5.89. The summed E-state index contributed by atoms with van der Waals surface area (Å²) in [5.41, 5.74) is 2.57. The highest BCUT2D eigenvalue weighted by atomic mass is 16.5. The van der Waals surface area contributed by atoms with E-state index in [1.807, 2.05) is 0 Å². The van der Waals surface area contributed by atoms with Crippen molar-refractivity contribution in [3.05, 3.63) is 40.1 Å². The number of methoxy groups -OCH3 is 2. The highest BCUT2D eigenvalue weighted by Crippen LogP contribution is 2.32. The van der Waals surface area contributed by atoms with Crippen LogP contribution in [-0.2, 0) is 13.0 Å². The minimum absolute atomic E-state index is 0.206. The van der Waals surface area contributed by atoms with Gasteiger partial charge in [0.15, 0.2) is 11.5 Å². The number of anilines is 2. The Bertz CT molecular complexity index is 1160. The van der Waals surface area contributed by atoms with Crippen LogP contribution < -0.4 is 24.8 Å². The highest BCUT2D eigenvalue weighted by Gasteiger charge is 2.26. The van der Waals surface area contributed by atoms with Gasteiger partial charge in [-0.2, -0.15) is 0 Å². The zero-order valence-corrected chi connectivity index (χ0v) is 17.1. The molecule has 5 rings (SSSR count). The third kappa shape index (κ3) is 3.10. The Morgan fingerprint density at radius 3 is 2.53 bits per heavy atom. The summed E-state index contributed by atoms with van der Waals surface area (Å²) in [7, 11) is 3.11. The molecule has 0 unspecified atom stereocenters. The molecule has 0 saturated carbocycles. The molecule has 4 heterocycles. The van der Waals surface area contributed by atoms with Crippen LogP contribution in [0.25, 0.3) is 10.9 Å². The summed E-state index contributed by atoms with van der Waals surface area (Å²) in [6.07, 6.45) is 4.88. The lowest BCUT2D eigenvalue weighted by molar-refractivity contribution is 0.355. The molecular formula is C21H24N6O3. The van der Waals surface area contributed by atoms with Crippen molar-refractivity contribution in [2.45, 2.75) is 25.8 Å². The van der Waals surface area contributed by atoms with Crippen molar-refractivity contribution in [2.24, 2.45) is 0 Å². The fourth-order valence-corrected chi connectivity index (χ4v) is 4.32. The molecule has 0 atom stereocenters. The van der Waals surface area contributed by atoms with Gasteiger partial charge >= 0.3 is 0 Å². The number of ether oxygens (including phenoxy) is 2. The summed E-state index contributed by atoms with van der Waals surface area (Å²) >= 11 is 0. The highest BCUT2D eigenvalue weighted by molar-refractivity contribution is 5.82. The zero-order valence-electron chi connectivity index (χ0n) is 17.1. The molecule has 0 aliphatic carbocycles. The first-order valence-electron chi connectivity index (χ1n) is 10.2. The monoisotopic (exact) mass is 408 g/mol. The van der Waals surface area contributed by atoms with Gasteiger partial charge in [-0.25, -0.2) is 15.0 Å². The smallest absolute Gasteiger partial charge is 0.260 e. The number of hydrogen-bond acceptors (Lipinski definition) is 8. The van der Waals surface area contributed by atoms with Gasteiger partial charge in [-0.05, 0) is 25.3 Å². The Morgan fingerprint density at radius 1 is 1.00 bits per heavy atom. The molecule has 2 aliphatic heterocycles. The van der Waals surface area contributed by atoms with Crippen molar-refractivity contribution in [1.29, 1.82) is 0 Å². The normalized spacial score (nSPS) is 16.1. The lowest BCUT2D eigenvalue weighted by Crippen LogP contribution is -2.35. The molecule has 0 bridgehead atoms. The summed E-state index contributed by atoms with van der Waals surface area (Å²) in [4.78, 5) is 33.8. The number of aromatic nitrogens is 4. The van der Waals surface area contributed by atoms with Gasteiger partial charge in [0.1, 0.15) is 12.1 Å². The molecule has 2 aromatic heterocycles. The van der Waals surface area contributed by atoms with Crippen LogP contribution in [-0.4, -0.2) is 53.8 Å². The maximum atomic E-state index is 12.7. The Morgan fingerprint density at radius 2 is 1.77 bits per heavy atom. The minimum Gasteiger partial charge on any atom is -0.493 e. The van der Waals surface area contributed by atoms with Crippen LogP contribution in [0, 0.1) is 0 Å². The van der Waals surface area contributed by atoms with Crippen LogP contribution >= 0.6 is 0 Å². The van der Waals surface area contributed by atoms with E-state index in [0.29, 0.717) is 34.9 Å². The average molecular weight is 408 g/mol. The number of benzene rings is 1. The third-order valence-corrected chi connectivity index (χ3v) is 5.89. The molecule has 0 radical (unpaired) electrons. The molecule has 0 amide bonds. The van der Waals surface area contributed by atoms with E-state index in [2.05, 4.69) is 24.8 Å². The first-order chi connectivity index (χ1) is 14.7. The number of H-pyrrole nitrogens is 1. The molecule has 9 heteroatoms. The Balaban J connectivity index is 1.50. The lowest BCUT2D eigenvalue weighted by Gasteiger charge is -2.31. The molecule has 1 saturated heterocycles. The second kappa shape index (κ2) is 7.47. The summed E-state index contributed by atoms with van der Waals surface area (Å²) in [5, 5.41) is 0.465. The van der Waals surface area contributed by atoms with E-state index < -0.39 is 0 Å². The van der Waals surface area contributed by atoms with Gasteiger partial charge in [0.05, 0.1) is 37.4 Å². The van der Waals surface area contributed by atoms with E-state index in [4.69, 9.17) is 14.5 Å². The largest absolute Gasteiger partial charge is 0.493 e. The molecule has 156 valence electrons. The SMILES string of the molecule is COc1cc2nc(N3CCc4c(ncnc4N4CCCC4)C3)[nH]c(=O)c2cc1OC. The summed E-state index contributed by atoms with van der Waals surface area (Å²) in [5.74, 6) is 2.64. The van der Waals surface area contributed by atoms with Gasteiger partial charge in [-0.3, -0.25) is 9.78 Å². The van der Waals surface area contributed by atoms with Crippen molar-refractivity contribution in [3.63, 3.8) is 0 Å². The fourth-order valence-electron chi connectivity index (χ4n) is 4.32. The molecule has 2 aliphatic rings. The van der Waals surface area contributed by atoms with Crippen LogP contribution in [0.4, 0.5) is 11.8 Å². The van der Waals surface area contributed by atoms with Gasteiger partial charge < -0.3 is 19.3 Å². The van der Waals surface area contributed by atoms with Gasteiger partial charge in [-0.1, -0.05) is 0 Å². The second-order valence-electron chi connectivity index (χ2n) is 7.60. The van der Waals surface area contributed by atoms with Crippen LogP contribution in [0.2, 0.25) is 0 Å². The van der Waals surface area contributed by atoms with E-state index in [1.54, 1.807) is 32.7 Å². The number of rotatable bonds is 4. The van der Waals surface area contributed by atoms with Crippen molar-refractivity contribution in [3.8, 4) is 11.5 Å². The van der Waals surface area contributed by atoms with Crippen molar-refractivity contribution in [1.82, 2.24) is 19.9 Å². The maximum absolute atomic E-state index is 12.7. The van der Waals surface area contributed by atoms with E-state index in [1.165, 1.54) is 18.4 Å². The number of aromatic amines is 1. The number of hydrogen-bond donors (Lipinski definition) is 1. The molecule has 0 spiro atoms. The predicted molar refractivity (Wildman–Crippen MR) is 114 cm³/mol. The number of fused-ring (bicyclic) bond motifs is 2. The molecule has 3 aromatic rings. The molecule has 30 heavy (non-hydrogen) atoms. The number of nitrogens with one attached hydrogen (secondary N) is 1. The lowest BCUT2D eigenvalue weighted by atomic mass is 10.1. The molecule has 1 aromatic carbocycles. The molecule has 1 N–H and O–H groups in total. The van der Waals surface area contributed by atoms with Gasteiger partial charge in [0.2, 0.25) is 5.95 Å². The minimum atomic E-state index is -0.206. The standard InChI is InChI=1S/C21H24N6O3/c1-29-17-9-14-15(10-18(17)30-2)24-21(25-20(14)28)27-8-5-13-16(11-27)22-12-23-19(13)26-6-3-4-7-26/h9-10,12H,3-8,11H2,1-2H3,(H,24,25,28). The van der Waals surface area contributed by atoms with Crippen LogP contribution in [0.15, 0.2) is 23.3 Å². The fraction of sp³-hybridized carbons (Fsp3) is 0.429. The predicted octanol–water partition coefficient (Wildman–Crippen LogP) is 1.89. The van der Waals surface area contributed by atoms with E-state index >= 15 is 0 Å². The summed E-state index contributed by atoms with van der Waals surface area (Å²) in [6, 6.07) is 3.39. The molecular weight excluding hydrogens is 384 g/mol. The average Bonchev–Trinajstić information content (AvgIpc) is 3.32. The molecule has 9 nitrogen and oxygen atoms in total. The van der Waals surface area contributed by atoms with Crippen molar-refractivity contribution < 1.29 is 9.47 Å². The maximum Gasteiger partial charge on any atom is 0.260 e. The summed E-state index contributed by atoms with van der Waals surface area (Å²) < 4.78 is 10.7. The Hall–Kier alpha value is -3.36. The van der Waals surface area contributed by atoms with Crippen molar-refractivity contribution in [2.75, 3.05) is 43.7 Å². The molecule has 1 fully saturated rings. The summed E-state index contributed by atoms with van der Waals surface area (Å²) in [6.45, 7) is 3.43. The first-order valence-corrected chi connectivity index (χ1v) is 10.2. The Kier molecular flexibility index (Phi) is 4.65. The number of nitrogens with zero attached hydrogens (tertiary/aromatic N) is 5. The Labute approximate surface area is 173 Å². The first kappa shape index (κ1) is 18.7.